The van der Waals surface area contributed by atoms with Gasteiger partial charge in [-0.05, 0) is 108 Å². The third-order valence-corrected chi connectivity index (χ3v) is 10.2. The molecule has 1 saturated heterocycles. The second-order valence-corrected chi connectivity index (χ2v) is 13.7. The molecule has 0 N–H and O–H groups in total. The SMILES string of the molecule is COc1cc(-c2cn(C)c(=O)c(C)c2C)cc(OC)c1CN1CC(Oc2ccc3c(c2)CCN(C(=O)C(C#N)=Cc2cccc(Br)n2)C3C)C1. The number of carbonyl (C=O) groups is 1. The number of benzene rings is 2. The molecule has 0 spiro atoms. The first-order chi connectivity index (χ1) is 24.0. The summed E-state index contributed by atoms with van der Waals surface area (Å²) in [6.07, 6.45) is 4.10. The molecule has 2 aromatic carbocycles. The van der Waals surface area contributed by atoms with Crippen molar-refractivity contribution >= 4 is 27.9 Å². The summed E-state index contributed by atoms with van der Waals surface area (Å²) in [5.41, 5.74) is 7.30. The molecule has 0 aliphatic carbocycles. The monoisotopic (exact) mass is 737 g/mol. The Morgan fingerprint density at radius 2 is 1.80 bits per heavy atom. The number of hydrogen-bond acceptors (Lipinski definition) is 8. The van der Waals surface area contributed by atoms with E-state index in [1.165, 1.54) is 6.08 Å². The van der Waals surface area contributed by atoms with Crippen molar-refractivity contribution in [2.45, 2.75) is 45.9 Å². The van der Waals surface area contributed by atoms with E-state index in [9.17, 15) is 14.9 Å². The third kappa shape index (κ3) is 6.91. The molecule has 2 aliphatic rings. The van der Waals surface area contributed by atoms with Crippen molar-refractivity contribution in [3.05, 3.63) is 109 Å². The van der Waals surface area contributed by atoms with Crippen LogP contribution in [0.2, 0.25) is 0 Å². The Hall–Kier alpha value is -4.92. The molecule has 2 aliphatic heterocycles. The third-order valence-electron chi connectivity index (χ3n) is 9.75. The van der Waals surface area contributed by atoms with Crippen molar-refractivity contribution in [1.82, 2.24) is 19.4 Å². The summed E-state index contributed by atoms with van der Waals surface area (Å²) in [4.78, 5) is 34.2. The van der Waals surface area contributed by atoms with Gasteiger partial charge in [-0.3, -0.25) is 14.5 Å². The van der Waals surface area contributed by atoms with E-state index in [4.69, 9.17) is 14.2 Å². The molecule has 6 rings (SSSR count). The number of halogens is 1. The van der Waals surface area contributed by atoms with Crippen LogP contribution >= 0.6 is 15.9 Å². The standard InChI is InChI=1S/C39H40BrN5O5/c1-23-24(2)38(46)43(4)21-33(23)27-16-35(48-5)34(36(17-27)49-6)22-44-19-31(20-44)50-30-10-11-32-25(3)45(13-12-26(32)15-30)39(47)28(18-41)14-29-8-7-9-37(40)42-29/h7-11,14-17,21,25,31H,12-13,19-20,22H2,1-6H3. The molecule has 1 unspecified atom stereocenters. The zero-order valence-corrected chi connectivity index (χ0v) is 30.7. The van der Waals surface area contributed by atoms with Gasteiger partial charge in [-0.1, -0.05) is 12.1 Å². The molecule has 4 heterocycles. The Bertz CT molecular complexity index is 2070. The first-order valence-corrected chi connectivity index (χ1v) is 17.3. The number of amides is 1. The number of hydrogen-bond donors (Lipinski definition) is 0. The van der Waals surface area contributed by atoms with Gasteiger partial charge < -0.3 is 23.7 Å². The van der Waals surface area contributed by atoms with Crippen molar-refractivity contribution in [2.75, 3.05) is 33.9 Å². The van der Waals surface area contributed by atoms with Gasteiger partial charge in [-0.15, -0.1) is 0 Å². The van der Waals surface area contributed by atoms with Crippen LogP contribution in [0.4, 0.5) is 0 Å². The van der Waals surface area contributed by atoms with E-state index >= 15 is 0 Å². The Balaban J connectivity index is 1.10. The average molecular weight is 739 g/mol. The highest BCUT2D eigenvalue weighted by atomic mass is 79.9. The van der Waals surface area contributed by atoms with E-state index in [0.717, 1.165) is 69.3 Å². The molecule has 0 radical (unpaired) electrons. The number of likely N-dealkylation sites (tertiary alicyclic amines) is 1. The highest BCUT2D eigenvalue weighted by Crippen LogP contribution is 2.38. The smallest absolute Gasteiger partial charge is 0.265 e. The number of nitriles is 1. The van der Waals surface area contributed by atoms with Gasteiger partial charge in [0, 0.05) is 50.6 Å². The van der Waals surface area contributed by atoms with Gasteiger partial charge >= 0.3 is 0 Å². The van der Waals surface area contributed by atoms with Gasteiger partial charge in [0.1, 0.15) is 39.6 Å². The quantitative estimate of drug-likeness (QED) is 0.114. The van der Waals surface area contributed by atoms with E-state index in [1.807, 2.05) is 57.3 Å². The van der Waals surface area contributed by atoms with E-state index in [0.29, 0.717) is 29.8 Å². The van der Waals surface area contributed by atoms with Crippen LogP contribution in [-0.4, -0.2) is 65.2 Å². The molecule has 4 aromatic rings. The molecular formula is C39H40BrN5O5. The van der Waals surface area contributed by atoms with E-state index in [2.05, 4.69) is 37.9 Å². The summed E-state index contributed by atoms with van der Waals surface area (Å²) >= 11 is 3.34. The summed E-state index contributed by atoms with van der Waals surface area (Å²) in [6, 6.07) is 17.3. The maximum atomic E-state index is 13.4. The van der Waals surface area contributed by atoms with E-state index < -0.39 is 0 Å². The number of nitrogens with zero attached hydrogens (tertiary/aromatic N) is 5. The largest absolute Gasteiger partial charge is 0.496 e. The summed E-state index contributed by atoms with van der Waals surface area (Å²) < 4.78 is 20.3. The van der Waals surface area contributed by atoms with Crippen molar-refractivity contribution in [3.8, 4) is 34.4 Å². The van der Waals surface area contributed by atoms with Crippen LogP contribution in [0.5, 0.6) is 17.2 Å². The number of rotatable bonds is 9. The number of aryl methyl sites for hydroxylation is 1. The fraction of sp³-hybridized carbons (Fsp3) is 0.333. The van der Waals surface area contributed by atoms with E-state index in [-0.39, 0.29) is 29.2 Å². The summed E-state index contributed by atoms with van der Waals surface area (Å²) in [6.45, 7) is 8.45. The summed E-state index contributed by atoms with van der Waals surface area (Å²) in [5.74, 6) is 1.96. The van der Waals surface area contributed by atoms with Crippen LogP contribution in [0, 0.1) is 25.2 Å². The van der Waals surface area contributed by atoms with Crippen molar-refractivity contribution in [3.63, 3.8) is 0 Å². The fourth-order valence-corrected chi connectivity index (χ4v) is 7.17. The molecule has 2 aromatic heterocycles. The fourth-order valence-electron chi connectivity index (χ4n) is 6.81. The minimum Gasteiger partial charge on any atom is -0.496 e. The maximum absolute atomic E-state index is 13.4. The molecule has 10 nitrogen and oxygen atoms in total. The van der Waals surface area contributed by atoms with Crippen LogP contribution in [0.1, 0.15) is 46.5 Å². The number of fused-ring (bicyclic) bond motifs is 1. The van der Waals surface area contributed by atoms with E-state index in [1.54, 1.807) is 42.9 Å². The van der Waals surface area contributed by atoms with Gasteiger partial charge in [0.05, 0.1) is 31.5 Å². The Kier molecular flexibility index (Phi) is 10.1. The molecule has 1 fully saturated rings. The lowest BCUT2D eigenvalue weighted by molar-refractivity contribution is -0.129. The van der Waals surface area contributed by atoms with Crippen molar-refractivity contribution < 1.29 is 19.0 Å². The zero-order chi connectivity index (χ0) is 35.7. The predicted octanol–water partition coefficient (Wildman–Crippen LogP) is 6.16. The zero-order valence-electron chi connectivity index (χ0n) is 29.1. The molecule has 0 bridgehead atoms. The van der Waals surface area contributed by atoms with Gasteiger partial charge in [0.15, 0.2) is 0 Å². The second-order valence-electron chi connectivity index (χ2n) is 12.8. The highest BCUT2D eigenvalue weighted by Gasteiger charge is 2.33. The molecular weight excluding hydrogens is 698 g/mol. The lowest BCUT2D eigenvalue weighted by Gasteiger charge is -2.40. The van der Waals surface area contributed by atoms with Crippen LogP contribution in [0.25, 0.3) is 17.2 Å². The number of pyridine rings is 2. The van der Waals surface area contributed by atoms with Crippen LogP contribution in [0.3, 0.4) is 0 Å². The van der Waals surface area contributed by atoms with Gasteiger partial charge in [0.25, 0.3) is 11.5 Å². The number of aromatic nitrogens is 2. The minimum absolute atomic E-state index is 0.00525. The number of carbonyl (C=O) groups excluding carboxylic acids is 1. The highest BCUT2D eigenvalue weighted by molar-refractivity contribution is 9.10. The lowest BCUT2D eigenvalue weighted by atomic mass is 9.92. The van der Waals surface area contributed by atoms with Gasteiger partial charge in [-0.25, -0.2) is 4.98 Å². The molecule has 1 atom stereocenters. The minimum atomic E-state index is -0.303. The summed E-state index contributed by atoms with van der Waals surface area (Å²) in [5, 5.41) is 9.78. The topological polar surface area (TPSA) is 110 Å². The summed E-state index contributed by atoms with van der Waals surface area (Å²) in [7, 11) is 5.09. The van der Waals surface area contributed by atoms with Crippen LogP contribution in [-0.2, 0) is 24.8 Å². The first-order valence-electron chi connectivity index (χ1n) is 16.5. The number of methoxy groups -OCH3 is 2. The molecule has 50 heavy (non-hydrogen) atoms. The molecule has 11 heteroatoms. The van der Waals surface area contributed by atoms with Crippen LogP contribution in [0.15, 0.2) is 69.7 Å². The Labute approximate surface area is 300 Å². The van der Waals surface area contributed by atoms with Crippen LogP contribution < -0.4 is 19.8 Å². The number of ether oxygens (including phenoxy) is 3. The maximum Gasteiger partial charge on any atom is 0.265 e. The normalized spacial score (nSPS) is 16.3. The van der Waals surface area contributed by atoms with Crippen molar-refractivity contribution in [1.29, 1.82) is 5.26 Å². The molecule has 0 saturated carbocycles. The van der Waals surface area contributed by atoms with Crippen molar-refractivity contribution in [2.24, 2.45) is 7.05 Å². The Morgan fingerprint density at radius 1 is 1.08 bits per heavy atom. The lowest BCUT2D eigenvalue weighted by Crippen LogP contribution is -2.53. The predicted molar refractivity (Wildman–Crippen MR) is 195 cm³/mol. The van der Waals surface area contributed by atoms with Gasteiger partial charge in [-0.2, -0.15) is 5.26 Å². The molecule has 1 amide bonds. The average Bonchev–Trinajstić information content (AvgIpc) is 3.10. The second kappa shape index (κ2) is 14.5. The molecule has 258 valence electrons. The van der Waals surface area contributed by atoms with Gasteiger partial charge in [0.2, 0.25) is 0 Å². The first kappa shape index (κ1) is 34.9. The Morgan fingerprint density at radius 3 is 2.46 bits per heavy atom.